The number of amides is 2. The number of alkyl halides is 2. The number of hydrogen-bond donors (Lipinski definition) is 3. The summed E-state index contributed by atoms with van der Waals surface area (Å²) in [5.41, 5.74) is 6.68. The van der Waals surface area contributed by atoms with Gasteiger partial charge in [-0.05, 0) is 61.8 Å². The Morgan fingerprint density at radius 3 is 2.78 bits per heavy atom. The first-order valence-electron chi connectivity index (χ1n) is 13.8. The van der Waals surface area contributed by atoms with Gasteiger partial charge in [0.25, 0.3) is 18.2 Å². The molecule has 1 saturated heterocycles. The predicted molar refractivity (Wildman–Crippen MR) is 143 cm³/mol. The van der Waals surface area contributed by atoms with Gasteiger partial charge in [-0.1, -0.05) is 0 Å². The van der Waals surface area contributed by atoms with Gasteiger partial charge >= 0.3 is 0 Å². The van der Waals surface area contributed by atoms with Crippen molar-refractivity contribution in [2.45, 2.75) is 56.8 Å². The fourth-order valence-electron chi connectivity index (χ4n) is 6.37. The van der Waals surface area contributed by atoms with Crippen LogP contribution in [0.3, 0.4) is 0 Å². The summed E-state index contributed by atoms with van der Waals surface area (Å²) in [6.45, 7) is 1.59. The molecule has 0 radical (unpaired) electrons. The number of ether oxygens (including phenoxy) is 2. The normalized spacial score (nSPS) is 25.7. The summed E-state index contributed by atoms with van der Waals surface area (Å²) < 4.78 is 40.7. The van der Waals surface area contributed by atoms with Crippen LogP contribution >= 0.6 is 0 Å². The van der Waals surface area contributed by atoms with Crippen molar-refractivity contribution < 1.29 is 33.0 Å². The molecule has 41 heavy (non-hydrogen) atoms. The number of nitrogens with two attached hydrogens (primary N) is 1. The molecule has 0 bridgehead atoms. The van der Waals surface area contributed by atoms with Crippen molar-refractivity contribution in [3.63, 3.8) is 0 Å². The fourth-order valence-corrected chi connectivity index (χ4v) is 6.37. The van der Waals surface area contributed by atoms with Crippen LogP contribution in [0.15, 0.2) is 36.7 Å². The van der Waals surface area contributed by atoms with E-state index < -0.39 is 24.1 Å². The maximum atomic E-state index is 13.9. The van der Waals surface area contributed by atoms with Gasteiger partial charge in [0.05, 0.1) is 23.9 Å². The van der Waals surface area contributed by atoms with Crippen molar-refractivity contribution in [3.8, 4) is 5.88 Å². The molecule has 1 aliphatic heterocycles. The quantitative estimate of drug-likeness (QED) is 0.356. The molecule has 4 N–H and O–H groups in total. The molecule has 0 aromatic carbocycles. The van der Waals surface area contributed by atoms with Crippen LogP contribution in [0.25, 0.3) is 5.52 Å². The number of pyridine rings is 2. The van der Waals surface area contributed by atoms with E-state index in [1.54, 1.807) is 36.7 Å². The van der Waals surface area contributed by atoms with Gasteiger partial charge < -0.3 is 30.5 Å². The minimum atomic E-state index is -2.86. The van der Waals surface area contributed by atoms with Crippen LogP contribution in [-0.2, 0) is 4.74 Å². The number of aliphatic hydroxyl groups excluding tert-OH is 1. The summed E-state index contributed by atoms with van der Waals surface area (Å²) in [5.74, 6) is -1.34. The molecule has 2 amide bonds. The number of primary amides is 1. The molecular formula is C28H32F2N6O5. The summed E-state index contributed by atoms with van der Waals surface area (Å²) in [7, 11) is 0. The van der Waals surface area contributed by atoms with Crippen molar-refractivity contribution in [2.24, 2.45) is 11.1 Å². The standard InChI is InChI=1S/C28H32F2N6O5/c29-23(30)25-34-22(21-4-3-17(14-36(21)25)35-7-9-40-18(15-35)5-8-37)26(39)33-16-10-28(11-16)12-19(13-28)41-27-20(24(31)38)2-1-6-32-27/h1-4,6,14,16,18-19,23,37H,5,7-13,15H2,(H2,31,38)(H,33,39). The van der Waals surface area contributed by atoms with E-state index in [2.05, 4.69) is 15.3 Å². The maximum Gasteiger partial charge on any atom is 0.295 e. The van der Waals surface area contributed by atoms with Gasteiger partial charge in [-0.25, -0.2) is 18.7 Å². The van der Waals surface area contributed by atoms with Crippen molar-refractivity contribution in [1.82, 2.24) is 19.7 Å². The monoisotopic (exact) mass is 570 g/mol. The van der Waals surface area contributed by atoms with Crippen LogP contribution in [0.5, 0.6) is 5.88 Å². The van der Waals surface area contributed by atoms with Gasteiger partial charge in [0.1, 0.15) is 11.7 Å². The van der Waals surface area contributed by atoms with Gasteiger partial charge in [0.15, 0.2) is 11.5 Å². The smallest absolute Gasteiger partial charge is 0.295 e. The molecule has 1 unspecified atom stereocenters. The van der Waals surface area contributed by atoms with Crippen molar-refractivity contribution in [3.05, 3.63) is 53.7 Å². The van der Waals surface area contributed by atoms with Crippen LogP contribution in [0, 0.1) is 5.41 Å². The van der Waals surface area contributed by atoms with Gasteiger partial charge in [-0.3, -0.25) is 14.0 Å². The lowest BCUT2D eigenvalue weighted by Gasteiger charge is -2.57. The number of halogens is 2. The Morgan fingerprint density at radius 2 is 2.05 bits per heavy atom. The first-order chi connectivity index (χ1) is 19.7. The molecule has 4 heterocycles. The van der Waals surface area contributed by atoms with Crippen molar-refractivity contribution in [2.75, 3.05) is 31.2 Å². The Bertz CT molecular complexity index is 1450. The van der Waals surface area contributed by atoms with E-state index in [-0.39, 0.29) is 47.4 Å². The zero-order valence-electron chi connectivity index (χ0n) is 22.3. The summed E-state index contributed by atoms with van der Waals surface area (Å²) >= 11 is 0. The van der Waals surface area contributed by atoms with Crippen LogP contribution in [0.1, 0.15) is 65.2 Å². The minimum absolute atomic E-state index is 0.00645. The van der Waals surface area contributed by atoms with Gasteiger partial charge in [0, 0.05) is 38.1 Å². The third kappa shape index (κ3) is 5.31. The third-order valence-corrected chi connectivity index (χ3v) is 8.34. The lowest BCUT2D eigenvalue weighted by atomic mass is 9.53. The first kappa shape index (κ1) is 27.3. The number of hydrogen-bond acceptors (Lipinski definition) is 8. The van der Waals surface area contributed by atoms with E-state index in [0.717, 1.165) is 25.7 Å². The summed E-state index contributed by atoms with van der Waals surface area (Å²) in [6.07, 6.45) is 3.54. The van der Waals surface area contributed by atoms with Gasteiger partial charge in [-0.2, -0.15) is 0 Å². The molecule has 2 aliphatic carbocycles. The van der Waals surface area contributed by atoms with Gasteiger partial charge in [0.2, 0.25) is 5.88 Å². The average Bonchev–Trinajstić information content (AvgIpc) is 3.30. The Hall–Kier alpha value is -3.84. The number of anilines is 1. The number of aromatic nitrogens is 3. The summed E-state index contributed by atoms with van der Waals surface area (Å²) in [5, 5.41) is 12.2. The molecule has 218 valence electrons. The molecule has 3 aromatic heterocycles. The predicted octanol–water partition coefficient (Wildman–Crippen LogP) is 2.47. The van der Waals surface area contributed by atoms with E-state index in [9.17, 15) is 23.5 Å². The highest BCUT2D eigenvalue weighted by molar-refractivity contribution is 5.99. The molecule has 1 spiro atoms. The molecule has 3 fully saturated rings. The second kappa shape index (κ2) is 10.9. The van der Waals surface area contributed by atoms with Gasteiger partial charge in [-0.15, -0.1) is 0 Å². The molecule has 3 aliphatic rings. The van der Waals surface area contributed by atoms with Crippen molar-refractivity contribution in [1.29, 1.82) is 0 Å². The Morgan fingerprint density at radius 1 is 1.24 bits per heavy atom. The molecule has 3 aromatic rings. The molecular weight excluding hydrogens is 538 g/mol. The zero-order chi connectivity index (χ0) is 28.7. The molecule has 6 rings (SSSR count). The Labute approximate surface area is 234 Å². The average molecular weight is 571 g/mol. The SMILES string of the molecule is NC(=O)c1cccnc1OC1CC2(CC(NC(=O)c3nc(C(F)F)n4cc(N5CCOC(CCO)C5)ccc34)C2)C1. The van der Waals surface area contributed by atoms with E-state index >= 15 is 0 Å². The van der Waals surface area contributed by atoms with E-state index in [1.165, 1.54) is 4.40 Å². The number of morpholine rings is 1. The van der Waals surface area contributed by atoms with E-state index in [1.807, 2.05) is 4.90 Å². The molecule has 2 saturated carbocycles. The van der Waals surface area contributed by atoms with E-state index in [0.29, 0.717) is 37.3 Å². The number of rotatable bonds is 9. The van der Waals surface area contributed by atoms with Crippen LogP contribution in [0.4, 0.5) is 14.5 Å². The highest BCUT2D eigenvalue weighted by atomic mass is 19.3. The number of nitrogens with zero attached hydrogens (tertiary/aromatic N) is 4. The lowest BCUT2D eigenvalue weighted by Crippen LogP contribution is -2.58. The lowest BCUT2D eigenvalue weighted by molar-refractivity contribution is -0.0848. The maximum absolute atomic E-state index is 13.9. The Balaban J connectivity index is 1.09. The number of imidazole rings is 1. The summed E-state index contributed by atoms with van der Waals surface area (Å²) in [6, 6.07) is 6.55. The highest BCUT2D eigenvalue weighted by Crippen LogP contribution is 2.56. The zero-order valence-corrected chi connectivity index (χ0v) is 22.3. The number of carbonyl (C=O) groups is 2. The van der Waals surface area contributed by atoms with E-state index in [4.69, 9.17) is 15.2 Å². The van der Waals surface area contributed by atoms with Crippen LogP contribution in [0.2, 0.25) is 0 Å². The summed E-state index contributed by atoms with van der Waals surface area (Å²) in [4.78, 5) is 35.0. The molecule has 13 heteroatoms. The fraction of sp³-hybridized carbons (Fsp3) is 0.500. The highest BCUT2D eigenvalue weighted by Gasteiger charge is 2.54. The second-order valence-electron chi connectivity index (χ2n) is 11.2. The van der Waals surface area contributed by atoms with Crippen LogP contribution in [-0.4, -0.2) is 75.8 Å². The number of carbonyl (C=O) groups excluding carboxylic acids is 2. The third-order valence-electron chi connectivity index (χ3n) is 8.34. The number of fused-ring (bicyclic) bond motifs is 1. The second-order valence-corrected chi connectivity index (χ2v) is 11.2. The first-order valence-corrected chi connectivity index (χ1v) is 13.8. The molecule has 11 nitrogen and oxygen atoms in total. The molecule has 1 atom stereocenters. The number of aliphatic hydroxyl groups is 1. The largest absolute Gasteiger partial charge is 0.474 e. The number of nitrogens with one attached hydrogen (secondary N) is 1. The van der Waals surface area contributed by atoms with Crippen LogP contribution < -0.4 is 20.7 Å². The topological polar surface area (TPSA) is 144 Å². The Kier molecular flexibility index (Phi) is 7.24. The minimum Gasteiger partial charge on any atom is -0.474 e. The van der Waals surface area contributed by atoms with Crippen molar-refractivity contribution >= 4 is 23.0 Å².